The summed E-state index contributed by atoms with van der Waals surface area (Å²) in [4.78, 5) is 18.9. The molecule has 3 rings (SSSR count). The van der Waals surface area contributed by atoms with Crippen LogP contribution >= 0.6 is 0 Å². The minimum Gasteiger partial charge on any atom is -0.450 e. The fourth-order valence-electron chi connectivity index (χ4n) is 3.73. The first kappa shape index (κ1) is 21.3. The van der Waals surface area contributed by atoms with Crippen molar-refractivity contribution in [3.05, 3.63) is 54.2 Å². The second kappa shape index (κ2) is 9.37. The van der Waals surface area contributed by atoms with E-state index in [9.17, 15) is 13.2 Å². The summed E-state index contributed by atoms with van der Waals surface area (Å²) in [5.74, 6) is 0. The van der Waals surface area contributed by atoms with E-state index in [2.05, 4.69) is 4.72 Å². The zero-order valence-electron chi connectivity index (χ0n) is 16.7. The Morgan fingerprint density at radius 1 is 1.21 bits per heavy atom. The minimum absolute atomic E-state index is 0.272. The first-order valence-electron chi connectivity index (χ1n) is 9.79. The summed E-state index contributed by atoms with van der Waals surface area (Å²) in [5, 5.41) is 0. The molecule has 2 unspecified atom stereocenters. The van der Waals surface area contributed by atoms with Gasteiger partial charge >= 0.3 is 6.09 Å². The number of benzene rings is 1. The normalized spacial score (nSPS) is 19.7. The fraction of sp³-hybridized carbons (Fsp3) is 0.429. The topological polar surface area (TPSA) is 88.6 Å². The number of hydrogen-bond acceptors (Lipinski definition) is 5. The lowest BCUT2D eigenvalue weighted by atomic mass is 9.93. The van der Waals surface area contributed by atoms with Crippen LogP contribution in [-0.4, -0.2) is 55.9 Å². The second-order valence-corrected chi connectivity index (χ2v) is 8.96. The van der Waals surface area contributed by atoms with Gasteiger partial charge in [-0.15, -0.1) is 0 Å². The van der Waals surface area contributed by atoms with Gasteiger partial charge in [0.2, 0.25) is 10.0 Å². The molecule has 8 heteroatoms. The van der Waals surface area contributed by atoms with E-state index < -0.39 is 16.1 Å². The van der Waals surface area contributed by atoms with Crippen molar-refractivity contribution in [2.45, 2.75) is 38.3 Å². The van der Waals surface area contributed by atoms with Crippen LogP contribution in [0.15, 0.2) is 48.5 Å². The number of aromatic nitrogens is 1. The van der Waals surface area contributed by atoms with E-state index in [0.717, 1.165) is 23.2 Å². The molecule has 1 aromatic carbocycles. The molecule has 2 heterocycles. The van der Waals surface area contributed by atoms with Crippen molar-refractivity contribution in [3.8, 4) is 11.3 Å². The first-order chi connectivity index (χ1) is 13.9. The third-order valence-electron chi connectivity index (χ3n) is 4.94. The Bertz CT molecular complexity index is 934. The van der Waals surface area contributed by atoms with Crippen LogP contribution in [0.3, 0.4) is 0 Å². The molecule has 2 atom stereocenters. The Hall–Kier alpha value is -2.45. The number of carbonyl (C=O) groups excluding carboxylic acids is 1. The summed E-state index contributed by atoms with van der Waals surface area (Å²) in [6, 6.07) is 14.9. The summed E-state index contributed by atoms with van der Waals surface area (Å²) in [6.45, 7) is 2.56. The Labute approximate surface area is 172 Å². The molecule has 0 spiro atoms. The second-order valence-electron chi connectivity index (χ2n) is 7.18. The van der Waals surface area contributed by atoms with E-state index in [-0.39, 0.29) is 18.7 Å². The first-order valence-corrected chi connectivity index (χ1v) is 11.7. The van der Waals surface area contributed by atoms with E-state index in [1.165, 1.54) is 0 Å². The Balaban J connectivity index is 1.89. The molecule has 0 saturated carbocycles. The number of sulfonamides is 1. The van der Waals surface area contributed by atoms with E-state index in [4.69, 9.17) is 9.72 Å². The Morgan fingerprint density at radius 3 is 2.66 bits per heavy atom. The quantitative estimate of drug-likeness (QED) is 0.781. The SMILES string of the molecule is CCOC(=O)N1CCCC(NS(C)(=O)=O)C1Cc1cccc(-c2ccccc2)n1. The smallest absolute Gasteiger partial charge is 0.410 e. The molecule has 156 valence electrons. The monoisotopic (exact) mass is 417 g/mol. The molecule has 0 aliphatic carbocycles. The predicted molar refractivity (Wildman–Crippen MR) is 112 cm³/mol. The molecule has 1 aliphatic rings. The number of nitrogens with zero attached hydrogens (tertiary/aromatic N) is 2. The van der Waals surface area contributed by atoms with Gasteiger partial charge in [0, 0.05) is 30.3 Å². The lowest BCUT2D eigenvalue weighted by molar-refractivity contribution is 0.0676. The molecule has 0 radical (unpaired) electrons. The third kappa shape index (κ3) is 5.77. The number of pyridine rings is 1. The molecule has 0 bridgehead atoms. The maximum Gasteiger partial charge on any atom is 0.410 e. The van der Waals surface area contributed by atoms with Crippen molar-refractivity contribution in [3.63, 3.8) is 0 Å². The van der Waals surface area contributed by atoms with Crippen LogP contribution in [0.25, 0.3) is 11.3 Å². The van der Waals surface area contributed by atoms with Crippen LogP contribution in [0.2, 0.25) is 0 Å². The number of likely N-dealkylation sites (tertiary alicyclic amines) is 1. The van der Waals surface area contributed by atoms with Gasteiger partial charge in [0.15, 0.2) is 0 Å². The Kier molecular flexibility index (Phi) is 6.87. The highest BCUT2D eigenvalue weighted by molar-refractivity contribution is 7.88. The molecule has 1 aliphatic heterocycles. The average Bonchev–Trinajstić information content (AvgIpc) is 2.69. The summed E-state index contributed by atoms with van der Waals surface area (Å²) < 4.78 is 31.7. The molecule has 1 aromatic heterocycles. The van der Waals surface area contributed by atoms with Crippen LogP contribution in [0, 0.1) is 0 Å². The van der Waals surface area contributed by atoms with E-state index in [1.807, 2.05) is 48.5 Å². The maximum atomic E-state index is 12.5. The van der Waals surface area contributed by atoms with Crippen molar-refractivity contribution in [2.24, 2.45) is 0 Å². The fourth-order valence-corrected chi connectivity index (χ4v) is 4.56. The molecular weight excluding hydrogens is 390 g/mol. The molecule has 1 amide bonds. The summed E-state index contributed by atoms with van der Waals surface area (Å²) in [7, 11) is -3.41. The molecule has 1 fully saturated rings. The van der Waals surface area contributed by atoms with Gasteiger partial charge < -0.3 is 9.64 Å². The van der Waals surface area contributed by atoms with Crippen molar-refractivity contribution in [1.29, 1.82) is 0 Å². The lowest BCUT2D eigenvalue weighted by Crippen LogP contribution is -2.57. The van der Waals surface area contributed by atoms with Crippen molar-refractivity contribution < 1.29 is 17.9 Å². The van der Waals surface area contributed by atoms with Crippen molar-refractivity contribution in [2.75, 3.05) is 19.4 Å². The number of nitrogens with one attached hydrogen (secondary N) is 1. The minimum atomic E-state index is -3.41. The number of hydrogen-bond donors (Lipinski definition) is 1. The maximum absolute atomic E-state index is 12.5. The zero-order chi connectivity index (χ0) is 20.9. The van der Waals surface area contributed by atoms with E-state index in [0.29, 0.717) is 25.8 Å². The summed E-state index contributed by atoms with van der Waals surface area (Å²) in [6.07, 6.45) is 2.53. The standard InChI is InChI=1S/C21H27N3O4S/c1-3-28-21(25)24-14-8-13-19(23-29(2,26)27)20(24)15-17-11-7-12-18(22-17)16-9-5-4-6-10-16/h4-7,9-12,19-20,23H,3,8,13-15H2,1-2H3. The van der Waals surface area contributed by atoms with Gasteiger partial charge in [-0.05, 0) is 31.9 Å². The third-order valence-corrected chi connectivity index (χ3v) is 5.67. The van der Waals surface area contributed by atoms with E-state index in [1.54, 1.807) is 11.8 Å². The molecule has 1 N–H and O–H groups in total. The Morgan fingerprint density at radius 2 is 1.97 bits per heavy atom. The zero-order valence-corrected chi connectivity index (χ0v) is 17.6. The van der Waals surface area contributed by atoms with Crippen LogP contribution in [-0.2, 0) is 21.2 Å². The average molecular weight is 418 g/mol. The van der Waals surface area contributed by atoms with Gasteiger partial charge in [-0.1, -0.05) is 36.4 Å². The molecular formula is C21H27N3O4S. The van der Waals surface area contributed by atoms with Gasteiger partial charge in [0.25, 0.3) is 0 Å². The van der Waals surface area contributed by atoms with Crippen molar-refractivity contribution >= 4 is 16.1 Å². The summed E-state index contributed by atoms with van der Waals surface area (Å²) in [5.41, 5.74) is 2.65. The number of ether oxygens (including phenoxy) is 1. The number of rotatable bonds is 6. The predicted octanol–water partition coefficient (Wildman–Crippen LogP) is 2.83. The van der Waals surface area contributed by atoms with Gasteiger partial charge in [0.1, 0.15) is 0 Å². The highest BCUT2D eigenvalue weighted by atomic mass is 32.2. The molecule has 29 heavy (non-hydrogen) atoms. The van der Waals surface area contributed by atoms with Gasteiger partial charge in [0.05, 0.1) is 24.6 Å². The number of piperidine rings is 1. The van der Waals surface area contributed by atoms with E-state index >= 15 is 0 Å². The molecule has 7 nitrogen and oxygen atoms in total. The largest absolute Gasteiger partial charge is 0.450 e. The van der Waals surface area contributed by atoms with Crippen LogP contribution < -0.4 is 4.72 Å². The number of amides is 1. The van der Waals surface area contributed by atoms with Crippen LogP contribution in [0.1, 0.15) is 25.5 Å². The van der Waals surface area contributed by atoms with Gasteiger partial charge in [-0.2, -0.15) is 0 Å². The van der Waals surface area contributed by atoms with Crippen molar-refractivity contribution in [1.82, 2.24) is 14.6 Å². The molecule has 1 saturated heterocycles. The van der Waals surface area contributed by atoms with Crippen LogP contribution in [0.4, 0.5) is 4.79 Å². The molecule has 2 aromatic rings. The highest BCUT2D eigenvalue weighted by Crippen LogP contribution is 2.24. The number of carbonyl (C=O) groups is 1. The van der Waals surface area contributed by atoms with Crippen LogP contribution in [0.5, 0.6) is 0 Å². The highest BCUT2D eigenvalue weighted by Gasteiger charge is 2.36. The summed E-state index contributed by atoms with van der Waals surface area (Å²) >= 11 is 0. The van der Waals surface area contributed by atoms with Gasteiger partial charge in [-0.25, -0.2) is 17.9 Å². The lowest BCUT2D eigenvalue weighted by Gasteiger charge is -2.40. The van der Waals surface area contributed by atoms with Gasteiger partial charge in [-0.3, -0.25) is 4.98 Å².